The number of H-pyrrole nitrogens is 1. The number of methoxy groups -OCH3 is 1. The minimum Gasteiger partial charge on any atom is -0.496 e. The Balaban J connectivity index is 2.12. The first kappa shape index (κ1) is 25.5. The fourth-order valence-corrected chi connectivity index (χ4v) is 4.73. The van der Waals surface area contributed by atoms with E-state index in [9.17, 15) is 9.59 Å². The van der Waals surface area contributed by atoms with Gasteiger partial charge in [0.05, 0.1) is 13.4 Å². The summed E-state index contributed by atoms with van der Waals surface area (Å²) in [7, 11) is 1.65. The first-order chi connectivity index (χ1) is 16.3. The van der Waals surface area contributed by atoms with Crippen molar-refractivity contribution < 1.29 is 19.1 Å². The molecule has 0 radical (unpaired) electrons. The molecule has 0 spiro atoms. The van der Waals surface area contributed by atoms with Crippen LogP contribution in [-0.4, -0.2) is 28.8 Å². The van der Waals surface area contributed by atoms with Crippen LogP contribution in [0.15, 0.2) is 42.3 Å². The number of ketones is 1. The molecule has 1 aromatic carbocycles. The van der Waals surface area contributed by atoms with E-state index in [1.54, 1.807) is 7.11 Å². The van der Waals surface area contributed by atoms with Gasteiger partial charge in [0.2, 0.25) is 0 Å². The predicted octanol–water partition coefficient (Wildman–Crippen LogP) is 6.59. The summed E-state index contributed by atoms with van der Waals surface area (Å²) in [4.78, 5) is 31.8. The molecule has 0 fully saturated rings. The summed E-state index contributed by atoms with van der Waals surface area (Å²) >= 11 is 0. The van der Waals surface area contributed by atoms with Crippen LogP contribution < -0.4 is 9.47 Å². The van der Waals surface area contributed by atoms with Crippen molar-refractivity contribution in [2.75, 3.05) is 7.11 Å². The van der Waals surface area contributed by atoms with E-state index in [2.05, 4.69) is 42.5 Å². The number of nitrogens with zero attached hydrogens (tertiary/aromatic N) is 1. The first-order valence-corrected chi connectivity index (χ1v) is 12.1. The van der Waals surface area contributed by atoms with Gasteiger partial charge in [-0.3, -0.25) is 4.79 Å². The van der Waals surface area contributed by atoms with Gasteiger partial charge in [-0.05, 0) is 63.1 Å². The quantitative estimate of drug-likeness (QED) is 0.141. The Morgan fingerprint density at radius 1 is 1.21 bits per heavy atom. The van der Waals surface area contributed by atoms with Gasteiger partial charge in [0.25, 0.3) is 0 Å². The molecule has 0 saturated heterocycles. The molecule has 2 atom stereocenters. The van der Waals surface area contributed by atoms with Gasteiger partial charge in [0, 0.05) is 18.4 Å². The molecular weight excluding hydrogens is 428 g/mol. The number of nitrogens with one attached hydrogen (secondary N) is 1. The Bertz CT molecular complexity index is 1100. The summed E-state index contributed by atoms with van der Waals surface area (Å²) in [5.74, 6) is 0.411. The normalized spacial score (nSPS) is 17.7. The van der Waals surface area contributed by atoms with Crippen LogP contribution in [0, 0.1) is 5.92 Å². The van der Waals surface area contributed by atoms with E-state index in [-0.39, 0.29) is 29.0 Å². The highest BCUT2D eigenvalue weighted by molar-refractivity contribution is 6.03. The zero-order valence-corrected chi connectivity index (χ0v) is 21.0. The van der Waals surface area contributed by atoms with Gasteiger partial charge in [-0.15, -0.1) is 0 Å². The van der Waals surface area contributed by atoms with Crippen molar-refractivity contribution >= 4 is 11.8 Å². The minimum atomic E-state index is -0.639. The maximum Gasteiger partial charge on any atom is 0.362 e. The highest BCUT2D eigenvalue weighted by Crippen LogP contribution is 2.47. The van der Waals surface area contributed by atoms with Gasteiger partial charge in [0.15, 0.2) is 11.5 Å². The van der Waals surface area contributed by atoms with Crippen molar-refractivity contribution in [1.29, 1.82) is 0 Å². The Labute approximate surface area is 202 Å². The molecule has 6 heteroatoms. The Morgan fingerprint density at radius 2 is 1.94 bits per heavy atom. The number of benzene rings is 1. The van der Waals surface area contributed by atoms with E-state index in [0.29, 0.717) is 11.5 Å². The second-order valence-corrected chi connectivity index (χ2v) is 9.27. The van der Waals surface area contributed by atoms with Gasteiger partial charge in [-0.2, -0.15) is 0 Å². The van der Waals surface area contributed by atoms with E-state index < -0.39 is 5.97 Å². The number of imidazole rings is 1. The Morgan fingerprint density at radius 3 is 2.59 bits per heavy atom. The monoisotopic (exact) mass is 464 g/mol. The fraction of sp³-hybridized carbons (Fsp3) is 0.464. The summed E-state index contributed by atoms with van der Waals surface area (Å²) < 4.78 is 11.8. The number of aryl methyl sites for hydroxylation is 1. The summed E-state index contributed by atoms with van der Waals surface area (Å²) in [6, 6.07) is 4.01. The molecule has 1 heterocycles. The molecule has 1 N–H and O–H groups in total. The maximum absolute atomic E-state index is 13.2. The number of carbonyl (C=O) groups is 2. The standard InChI is InChI=1S/C28H36N2O4/c1-7-8-9-10-20-14-23(33-6)25(22-13-18(4)11-12-21(22)17(2)3)24(15-20)34-28(32)27-26(19(5)31)29-16-30-27/h13-16,21-22H,2,7-12H2,1,3-6H3,(H,29,30)/t21-,22+/m0/s1. The highest BCUT2D eigenvalue weighted by atomic mass is 16.5. The van der Waals surface area contributed by atoms with Crippen LogP contribution in [0.25, 0.3) is 0 Å². The molecule has 1 aliphatic carbocycles. The smallest absolute Gasteiger partial charge is 0.362 e. The topological polar surface area (TPSA) is 81.3 Å². The van der Waals surface area contributed by atoms with E-state index in [1.165, 1.54) is 18.8 Å². The third-order valence-electron chi connectivity index (χ3n) is 6.55. The molecule has 0 bridgehead atoms. The zero-order valence-electron chi connectivity index (χ0n) is 21.0. The fourth-order valence-electron chi connectivity index (χ4n) is 4.73. The summed E-state index contributed by atoms with van der Waals surface area (Å²) in [6.07, 6.45) is 9.71. The second kappa shape index (κ2) is 11.3. The lowest BCUT2D eigenvalue weighted by molar-refractivity contribution is 0.0721. The number of hydrogen-bond acceptors (Lipinski definition) is 5. The molecule has 2 aromatic rings. The molecule has 1 aromatic heterocycles. The van der Waals surface area contributed by atoms with Crippen LogP contribution in [0.5, 0.6) is 11.5 Å². The molecule has 0 saturated carbocycles. The maximum atomic E-state index is 13.2. The number of ether oxygens (including phenoxy) is 2. The van der Waals surface area contributed by atoms with Crippen molar-refractivity contribution in [3.8, 4) is 11.5 Å². The van der Waals surface area contributed by atoms with Crippen molar-refractivity contribution in [2.24, 2.45) is 5.92 Å². The summed E-state index contributed by atoms with van der Waals surface area (Å²) in [6.45, 7) is 12.0. The Kier molecular flexibility index (Phi) is 8.48. The van der Waals surface area contributed by atoms with Crippen molar-refractivity contribution in [1.82, 2.24) is 9.97 Å². The van der Waals surface area contributed by atoms with Crippen LogP contribution in [0.4, 0.5) is 0 Å². The van der Waals surface area contributed by atoms with E-state index in [4.69, 9.17) is 9.47 Å². The molecule has 0 amide bonds. The number of unbranched alkanes of at least 4 members (excludes halogenated alkanes) is 2. The van der Waals surface area contributed by atoms with E-state index in [1.807, 2.05) is 13.0 Å². The van der Waals surface area contributed by atoms with E-state index in [0.717, 1.165) is 55.2 Å². The van der Waals surface area contributed by atoms with Crippen LogP contribution in [-0.2, 0) is 6.42 Å². The summed E-state index contributed by atoms with van der Waals surface area (Å²) in [5, 5.41) is 0. The summed E-state index contributed by atoms with van der Waals surface area (Å²) in [5.41, 5.74) is 4.41. The second-order valence-electron chi connectivity index (χ2n) is 9.27. The lowest BCUT2D eigenvalue weighted by Gasteiger charge is -2.32. The average Bonchev–Trinajstić information content (AvgIpc) is 3.29. The average molecular weight is 465 g/mol. The van der Waals surface area contributed by atoms with Crippen LogP contribution in [0.3, 0.4) is 0 Å². The lowest BCUT2D eigenvalue weighted by atomic mass is 9.73. The zero-order chi connectivity index (χ0) is 24.8. The van der Waals surface area contributed by atoms with Gasteiger partial charge in [-0.1, -0.05) is 43.6 Å². The molecule has 1 aliphatic rings. The molecule has 34 heavy (non-hydrogen) atoms. The largest absolute Gasteiger partial charge is 0.496 e. The molecule has 0 aliphatic heterocycles. The van der Waals surface area contributed by atoms with E-state index >= 15 is 0 Å². The van der Waals surface area contributed by atoms with Crippen molar-refractivity contribution in [2.45, 2.75) is 72.1 Å². The van der Waals surface area contributed by atoms with Gasteiger partial charge in [-0.25, -0.2) is 9.78 Å². The number of Topliss-reactive ketones (excluding diaryl/α,β-unsaturated/α-hetero) is 1. The van der Waals surface area contributed by atoms with Crippen LogP contribution in [0.2, 0.25) is 0 Å². The number of aromatic amines is 1. The molecule has 6 nitrogen and oxygen atoms in total. The third-order valence-corrected chi connectivity index (χ3v) is 6.55. The lowest BCUT2D eigenvalue weighted by Crippen LogP contribution is -2.20. The number of rotatable bonds is 10. The van der Waals surface area contributed by atoms with Crippen molar-refractivity contribution in [3.63, 3.8) is 0 Å². The predicted molar refractivity (Wildman–Crippen MR) is 134 cm³/mol. The number of allylic oxidation sites excluding steroid dienone is 3. The van der Waals surface area contributed by atoms with Gasteiger partial charge < -0.3 is 14.5 Å². The number of aromatic nitrogens is 2. The molecule has 182 valence electrons. The number of carbonyl (C=O) groups excluding carboxylic acids is 2. The molecular formula is C28H36N2O4. The van der Waals surface area contributed by atoms with Gasteiger partial charge >= 0.3 is 5.97 Å². The highest BCUT2D eigenvalue weighted by Gasteiger charge is 2.32. The third kappa shape index (κ3) is 5.66. The number of esters is 1. The Hall–Kier alpha value is -3.15. The first-order valence-electron chi connectivity index (χ1n) is 12.1. The molecule has 0 unspecified atom stereocenters. The molecule has 3 rings (SSSR count). The van der Waals surface area contributed by atoms with Crippen molar-refractivity contribution in [3.05, 3.63) is 64.8 Å². The SMILES string of the molecule is C=C(C)[C@@H]1CCC(C)=C[C@H]1c1c(OC)cc(CCCCC)cc1OC(=O)c1[nH]cnc1C(C)=O. The van der Waals surface area contributed by atoms with Crippen LogP contribution >= 0.6 is 0 Å². The van der Waals surface area contributed by atoms with Crippen LogP contribution in [0.1, 0.15) is 97.8 Å². The van der Waals surface area contributed by atoms with Gasteiger partial charge in [0.1, 0.15) is 17.2 Å². The minimum absolute atomic E-state index is 0.0252. The number of hydrogen-bond donors (Lipinski definition) is 1.